The van der Waals surface area contributed by atoms with Crippen molar-refractivity contribution < 1.29 is 46.6 Å². The lowest BCUT2D eigenvalue weighted by atomic mass is 10.3. The Balaban J connectivity index is 2.97. The molecule has 0 N–H and O–H groups in total. The van der Waals surface area contributed by atoms with Crippen molar-refractivity contribution >= 4 is 23.8 Å². The van der Waals surface area contributed by atoms with Gasteiger partial charge in [-0.05, 0) is 0 Å². The summed E-state index contributed by atoms with van der Waals surface area (Å²) >= 11 is 0. The molecule has 0 unspecified atom stereocenters. The van der Waals surface area contributed by atoms with Crippen LogP contribution in [-0.4, -0.2) is 60.9 Å². The van der Waals surface area contributed by atoms with Gasteiger partial charge < -0.3 is 14.2 Å². The van der Waals surface area contributed by atoms with E-state index in [1.54, 1.807) is 0 Å². The van der Waals surface area contributed by atoms with Gasteiger partial charge in [0.15, 0.2) is 6.10 Å². The number of likely N-dealkylation sites (tertiary alicyclic amines) is 1. The lowest BCUT2D eigenvalue weighted by Crippen LogP contribution is -2.46. The van der Waals surface area contributed by atoms with Crippen LogP contribution in [0.4, 0.5) is 13.2 Å². The highest BCUT2D eigenvalue weighted by atomic mass is 19.4. The molecule has 1 fully saturated rings. The van der Waals surface area contributed by atoms with Gasteiger partial charge in [0.1, 0.15) is 6.54 Å². The predicted molar refractivity (Wildman–Crippen MR) is 59.8 cm³/mol. The van der Waals surface area contributed by atoms with Crippen LogP contribution in [0.1, 0.15) is 13.3 Å². The minimum absolute atomic E-state index is 0.521. The van der Waals surface area contributed by atoms with Gasteiger partial charge in [-0.15, -0.1) is 0 Å². The van der Waals surface area contributed by atoms with Crippen molar-refractivity contribution in [3.63, 3.8) is 0 Å². The van der Waals surface area contributed by atoms with E-state index in [1.165, 1.54) is 0 Å². The summed E-state index contributed by atoms with van der Waals surface area (Å²) in [7, 11) is 1.00. The molecule has 1 heterocycles. The number of methoxy groups -OCH3 is 1. The highest BCUT2D eigenvalue weighted by Gasteiger charge is 2.50. The highest BCUT2D eigenvalue weighted by molar-refractivity contribution is 5.85. The second-order valence-corrected chi connectivity index (χ2v) is 4.24. The largest absolute Gasteiger partial charge is 0.491 e. The third-order valence-corrected chi connectivity index (χ3v) is 2.63. The molecule has 1 amide bonds. The van der Waals surface area contributed by atoms with Gasteiger partial charge in [-0.2, -0.15) is 13.2 Å². The molecular formula is C11H12F3NO7. The molecule has 1 aliphatic heterocycles. The Hall–Kier alpha value is -2.33. The summed E-state index contributed by atoms with van der Waals surface area (Å²) in [5.74, 6) is -5.22. The minimum atomic E-state index is -5.30. The number of carbonyl (C=O) groups excluding carboxylic acids is 4. The van der Waals surface area contributed by atoms with Crippen LogP contribution in [0.2, 0.25) is 0 Å². The maximum atomic E-state index is 12.3. The number of carbonyl (C=O) groups is 4. The molecule has 1 aliphatic rings. The fraction of sp³-hybridized carbons (Fsp3) is 0.636. The normalized spacial score (nSPS) is 21.5. The molecule has 0 aromatic rings. The Morgan fingerprint density at radius 1 is 1.27 bits per heavy atom. The minimum Gasteiger partial charge on any atom is -0.468 e. The maximum absolute atomic E-state index is 12.3. The van der Waals surface area contributed by atoms with Gasteiger partial charge in [-0.3, -0.25) is 19.3 Å². The molecule has 2 atom stereocenters. The molecule has 0 saturated carbocycles. The van der Waals surface area contributed by atoms with Crippen molar-refractivity contribution in [3.8, 4) is 0 Å². The van der Waals surface area contributed by atoms with Gasteiger partial charge >= 0.3 is 24.1 Å². The average molecular weight is 327 g/mol. The van der Waals surface area contributed by atoms with Gasteiger partial charge in [-0.25, -0.2) is 4.79 Å². The van der Waals surface area contributed by atoms with E-state index in [4.69, 9.17) is 0 Å². The molecule has 124 valence electrons. The molecule has 0 spiro atoms. The van der Waals surface area contributed by atoms with E-state index >= 15 is 0 Å². The molecule has 11 heteroatoms. The number of hydrogen-bond donors (Lipinski definition) is 0. The molecule has 0 aromatic carbocycles. The van der Waals surface area contributed by atoms with E-state index in [-0.39, 0.29) is 0 Å². The van der Waals surface area contributed by atoms with Gasteiger partial charge in [0, 0.05) is 6.92 Å². The number of halogens is 3. The van der Waals surface area contributed by atoms with E-state index in [0.717, 1.165) is 14.0 Å². The van der Waals surface area contributed by atoms with Crippen molar-refractivity contribution in [2.75, 3.05) is 13.7 Å². The molecule has 1 saturated heterocycles. The fourth-order valence-corrected chi connectivity index (χ4v) is 1.74. The third kappa shape index (κ3) is 4.33. The van der Waals surface area contributed by atoms with Crippen molar-refractivity contribution in [3.05, 3.63) is 0 Å². The molecule has 0 aromatic heterocycles. The zero-order chi connectivity index (χ0) is 17.1. The Morgan fingerprint density at radius 3 is 2.32 bits per heavy atom. The Morgan fingerprint density at radius 2 is 1.86 bits per heavy atom. The van der Waals surface area contributed by atoms with E-state index in [0.29, 0.717) is 4.90 Å². The number of nitrogens with zero attached hydrogens (tertiary/aromatic N) is 1. The van der Waals surface area contributed by atoms with Gasteiger partial charge in [0.05, 0.1) is 13.5 Å². The number of hydrogen-bond acceptors (Lipinski definition) is 7. The van der Waals surface area contributed by atoms with E-state index in [9.17, 15) is 32.3 Å². The van der Waals surface area contributed by atoms with Crippen LogP contribution >= 0.6 is 0 Å². The molecule has 1 rings (SSSR count). The van der Waals surface area contributed by atoms with Crippen LogP contribution in [0.25, 0.3) is 0 Å². The third-order valence-electron chi connectivity index (χ3n) is 2.63. The van der Waals surface area contributed by atoms with Crippen molar-refractivity contribution in [2.24, 2.45) is 0 Å². The summed E-state index contributed by atoms with van der Waals surface area (Å²) in [5, 5.41) is 0. The second kappa shape index (κ2) is 6.62. The van der Waals surface area contributed by atoms with Crippen LogP contribution in [0.3, 0.4) is 0 Å². The summed E-state index contributed by atoms with van der Waals surface area (Å²) < 4.78 is 49.9. The van der Waals surface area contributed by atoms with Gasteiger partial charge in [0.2, 0.25) is 12.1 Å². The first kappa shape index (κ1) is 17.7. The molecule has 8 nitrogen and oxygen atoms in total. The van der Waals surface area contributed by atoms with E-state index in [1.807, 2.05) is 0 Å². The number of esters is 3. The quantitative estimate of drug-likeness (QED) is 0.519. The maximum Gasteiger partial charge on any atom is 0.491 e. The fourth-order valence-electron chi connectivity index (χ4n) is 1.74. The van der Waals surface area contributed by atoms with Gasteiger partial charge in [-0.1, -0.05) is 0 Å². The number of ether oxygens (including phenoxy) is 3. The van der Waals surface area contributed by atoms with Crippen LogP contribution < -0.4 is 0 Å². The topological polar surface area (TPSA) is 99.2 Å². The second-order valence-electron chi connectivity index (χ2n) is 4.24. The first-order valence-electron chi connectivity index (χ1n) is 5.87. The molecule has 0 bridgehead atoms. The van der Waals surface area contributed by atoms with Crippen molar-refractivity contribution in [1.82, 2.24) is 4.90 Å². The molecular weight excluding hydrogens is 315 g/mol. The number of amides is 1. The molecule has 0 aliphatic carbocycles. The molecule has 0 radical (unpaired) electrons. The number of alkyl halides is 3. The smallest absolute Gasteiger partial charge is 0.468 e. The highest BCUT2D eigenvalue weighted by Crippen LogP contribution is 2.27. The summed E-state index contributed by atoms with van der Waals surface area (Å²) in [6, 6.07) is 0. The van der Waals surface area contributed by atoms with Crippen LogP contribution in [0, 0.1) is 0 Å². The van der Waals surface area contributed by atoms with Gasteiger partial charge in [0.25, 0.3) is 0 Å². The zero-order valence-corrected chi connectivity index (χ0v) is 11.5. The number of rotatable bonds is 4. The van der Waals surface area contributed by atoms with Crippen LogP contribution in [0.15, 0.2) is 0 Å². The Kier molecular flexibility index (Phi) is 5.33. The summed E-state index contributed by atoms with van der Waals surface area (Å²) in [6.07, 6.45) is -9.12. The zero-order valence-electron chi connectivity index (χ0n) is 11.5. The summed E-state index contributed by atoms with van der Waals surface area (Å²) in [6.45, 7) is 0.221. The standard InChI is InChI=1S/C11H12F3NO7/c1-5(16)21-6-3-7(17)15(4-8(18)20-2)9(6)22-10(19)11(12,13)14/h6,9H,3-4H2,1-2H3/t6-,9+/m1/s1. The Labute approximate surface area is 122 Å². The van der Waals surface area contributed by atoms with Crippen molar-refractivity contribution in [1.29, 1.82) is 0 Å². The first-order chi connectivity index (χ1) is 10.1. The van der Waals surface area contributed by atoms with Crippen molar-refractivity contribution in [2.45, 2.75) is 31.9 Å². The predicted octanol–water partition coefficient (Wildman–Crippen LogP) is -0.245. The average Bonchev–Trinajstić information content (AvgIpc) is 2.64. The monoisotopic (exact) mass is 327 g/mol. The SMILES string of the molecule is COC(=O)CN1C(=O)C[C@@H](OC(C)=O)[C@@H]1OC(=O)C(F)(F)F. The van der Waals surface area contributed by atoms with Crippen LogP contribution in [-0.2, 0) is 33.4 Å². The van der Waals surface area contributed by atoms with E-state index in [2.05, 4.69) is 14.2 Å². The lowest BCUT2D eigenvalue weighted by Gasteiger charge is -2.26. The van der Waals surface area contributed by atoms with Crippen LogP contribution in [0.5, 0.6) is 0 Å². The van der Waals surface area contributed by atoms with E-state index < -0.39 is 55.3 Å². The summed E-state index contributed by atoms with van der Waals surface area (Å²) in [5.41, 5.74) is 0. The lowest BCUT2D eigenvalue weighted by molar-refractivity contribution is -0.218. The Bertz CT molecular complexity index is 491. The molecule has 22 heavy (non-hydrogen) atoms. The summed E-state index contributed by atoms with van der Waals surface area (Å²) in [4.78, 5) is 45.3. The first-order valence-corrected chi connectivity index (χ1v) is 5.87.